The fourth-order valence-electron chi connectivity index (χ4n) is 3.69. The highest BCUT2D eigenvalue weighted by atomic mass is 19.1. The number of carbonyl (C=O) groups excluding carboxylic acids is 3. The van der Waals surface area contributed by atoms with Crippen LogP contribution in [0.5, 0.6) is 0 Å². The number of nitrogens with one attached hydrogen (secondary N) is 2. The Morgan fingerprint density at radius 1 is 1.16 bits per heavy atom. The number of halogens is 2. The summed E-state index contributed by atoms with van der Waals surface area (Å²) in [4.78, 5) is 38.9. The molecule has 7 nitrogen and oxygen atoms in total. The van der Waals surface area contributed by atoms with Gasteiger partial charge in [-0.2, -0.15) is 0 Å². The number of rotatable bonds is 7. The molecule has 172 valence electrons. The molecule has 0 bridgehead atoms. The summed E-state index contributed by atoms with van der Waals surface area (Å²) in [7, 11) is 0. The summed E-state index contributed by atoms with van der Waals surface area (Å²) >= 11 is 0. The first-order valence-corrected chi connectivity index (χ1v) is 10.6. The number of benzene rings is 1. The minimum absolute atomic E-state index is 0.0228. The molecular formula is C22H31F2N3O4. The van der Waals surface area contributed by atoms with E-state index in [1.165, 1.54) is 6.07 Å². The van der Waals surface area contributed by atoms with Crippen molar-refractivity contribution < 1.29 is 27.9 Å². The Balaban J connectivity index is 2.03. The molecule has 9 heteroatoms. The van der Waals surface area contributed by atoms with Gasteiger partial charge in [0.2, 0.25) is 5.91 Å². The Hall–Kier alpha value is -2.71. The van der Waals surface area contributed by atoms with Gasteiger partial charge in [0, 0.05) is 19.1 Å². The largest absolute Gasteiger partial charge is 0.450 e. The Bertz CT molecular complexity index is 783. The number of amides is 3. The number of hydrogen-bond donors (Lipinski definition) is 2. The lowest BCUT2D eigenvalue weighted by atomic mass is 9.91. The SMILES string of the molecule is CCOC(=O)N1CCC[C@H]([C@H](C)NC(=O)[C@H](NC(=O)c2c(F)cccc2F)C(C)C)C1. The van der Waals surface area contributed by atoms with Crippen molar-refractivity contribution in [1.82, 2.24) is 15.5 Å². The van der Waals surface area contributed by atoms with Crippen LogP contribution < -0.4 is 10.6 Å². The predicted molar refractivity (Wildman–Crippen MR) is 111 cm³/mol. The lowest BCUT2D eigenvalue weighted by Crippen LogP contribution is -2.54. The quantitative estimate of drug-likeness (QED) is 0.684. The molecule has 3 amide bonds. The van der Waals surface area contributed by atoms with Crippen LogP contribution in [-0.2, 0) is 9.53 Å². The van der Waals surface area contributed by atoms with E-state index in [1.54, 1.807) is 25.7 Å². The highest BCUT2D eigenvalue weighted by Gasteiger charge is 2.32. The number of nitrogens with zero attached hydrogens (tertiary/aromatic N) is 1. The van der Waals surface area contributed by atoms with Crippen LogP contribution in [0, 0.1) is 23.5 Å². The minimum Gasteiger partial charge on any atom is -0.450 e. The van der Waals surface area contributed by atoms with Gasteiger partial charge in [-0.05, 0) is 50.7 Å². The molecule has 0 saturated carbocycles. The third kappa shape index (κ3) is 6.38. The van der Waals surface area contributed by atoms with Gasteiger partial charge in [-0.3, -0.25) is 9.59 Å². The van der Waals surface area contributed by atoms with Crippen LogP contribution in [0.15, 0.2) is 18.2 Å². The van der Waals surface area contributed by atoms with Gasteiger partial charge in [0.05, 0.1) is 6.61 Å². The van der Waals surface area contributed by atoms with Gasteiger partial charge in [-0.1, -0.05) is 19.9 Å². The van der Waals surface area contributed by atoms with Gasteiger partial charge >= 0.3 is 6.09 Å². The molecule has 0 spiro atoms. The molecule has 1 fully saturated rings. The second-order valence-electron chi connectivity index (χ2n) is 8.14. The van der Waals surface area contributed by atoms with Crippen LogP contribution in [0.25, 0.3) is 0 Å². The average Bonchev–Trinajstić information content (AvgIpc) is 2.71. The summed E-state index contributed by atoms with van der Waals surface area (Å²) in [6, 6.07) is 1.90. The first-order valence-electron chi connectivity index (χ1n) is 10.6. The molecule has 1 aromatic carbocycles. The van der Waals surface area contributed by atoms with E-state index in [0.29, 0.717) is 19.7 Å². The average molecular weight is 440 g/mol. The van der Waals surface area contributed by atoms with E-state index in [0.717, 1.165) is 25.0 Å². The summed E-state index contributed by atoms with van der Waals surface area (Å²) in [5.74, 6) is -3.70. The van der Waals surface area contributed by atoms with Gasteiger partial charge in [-0.15, -0.1) is 0 Å². The number of likely N-dealkylation sites (tertiary alicyclic amines) is 1. The maximum absolute atomic E-state index is 13.9. The molecule has 0 aliphatic carbocycles. The van der Waals surface area contributed by atoms with Crippen molar-refractivity contribution in [3.8, 4) is 0 Å². The summed E-state index contributed by atoms with van der Waals surface area (Å²) in [6.45, 7) is 8.41. The molecule has 1 heterocycles. The van der Waals surface area contributed by atoms with Crippen LogP contribution in [0.3, 0.4) is 0 Å². The molecule has 2 N–H and O–H groups in total. The van der Waals surface area contributed by atoms with Gasteiger partial charge in [0.25, 0.3) is 5.91 Å². The molecule has 0 unspecified atom stereocenters. The van der Waals surface area contributed by atoms with Crippen molar-refractivity contribution in [2.75, 3.05) is 19.7 Å². The van der Waals surface area contributed by atoms with E-state index in [2.05, 4.69) is 10.6 Å². The van der Waals surface area contributed by atoms with Crippen LogP contribution in [0.1, 0.15) is 50.9 Å². The van der Waals surface area contributed by atoms with E-state index in [9.17, 15) is 23.2 Å². The first kappa shape index (κ1) is 24.6. The van der Waals surface area contributed by atoms with Crippen molar-refractivity contribution in [3.05, 3.63) is 35.4 Å². The summed E-state index contributed by atoms with van der Waals surface area (Å²) < 4.78 is 32.9. The third-order valence-corrected chi connectivity index (χ3v) is 5.49. The molecule has 0 radical (unpaired) electrons. The number of hydrogen-bond acceptors (Lipinski definition) is 4. The molecule has 1 aliphatic rings. The van der Waals surface area contributed by atoms with E-state index in [-0.39, 0.29) is 24.0 Å². The fraction of sp³-hybridized carbons (Fsp3) is 0.591. The highest BCUT2D eigenvalue weighted by molar-refractivity contribution is 5.98. The van der Waals surface area contributed by atoms with Crippen LogP contribution in [-0.4, -0.2) is 54.6 Å². The Kier molecular flexibility index (Phi) is 8.76. The summed E-state index contributed by atoms with van der Waals surface area (Å²) in [5.41, 5.74) is -0.716. The Labute approximate surface area is 181 Å². The molecule has 1 saturated heterocycles. The van der Waals surface area contributed by atoms with E-state index < -0.39 is 35.1 Å². The summed E-state index contributed by atoms with van der Waals surface area (Å²) in [6.07, 6.45) is 1.25. The second-order valence-corrected chi connectivity index (χ2v) is 8.14. The number of piperidine rings is 1. The van der Waals surface area contributed by atoms with E-state index >= 15 is 0 Å². The Morgan fingerprint density at radius 3 is 2.39 bits per heavy atom. The molecule has 1 aliphatic heterocycles. The maximum atomic E-state index is 13.9. The van der Waals surface area contributed by atoms with Crippen molar-refractivity contribution in [2.24, 2.45) is 11.8 Å². The minimum atomic E-state index is -0.991. The predicted octanol–water partition coefficient (Wildman–Crippen LogP) is 3.09. The van der Waals surface area contributed by atoms with Gasteiger partial charge in [0.1, 0.15) is 23.2 Å². The normalized spacial score (nSPS) is 18.3. The van der Waals surface area contributed by atoms with Crippen molar-refractivity contribution in [2.45, 2.75) is 52.6 Å². The van der Waals surface area contributed by atoms with Crippen LogP contribution in [0.2, 0.25) is 0 Å². The van der Waals surface area contributed by atoms with E-state index in [1.807, 2.05) is 6.92 Å². The number of carbonyl (C=O) groups is 3. The standard InChI is InChI=1S/C22H31F2N3O4/c1-5-31-22(30)27-11-7-8-15(12-27)14(4)25-21(29)19(13(2)3)26-20(28)18-16(23)9-6-10-17(18)24/h6,9-10,13-15,19H,5,7-8,11-12H2,1-4H3,(H,25,29)(H,26,28)/t14-,15-,19+/m0/s1. The molecule has 3 atom stereocenters. The van der Waals surface area contributed by atoms with Crippen LogP contribution in [0.4, 0.5) is 13.6 Å². The van der Waals surface area contributed by atoms with Gasteiger partial charge in [0.15, 0.2) is 0 Å². The molecule has 2 rings (SSSR count). The van der Waals surface area contributed by atoms with Gasteiger partial charge in [-0.25, -0.2) is 13.6 Å². The number of ether oxygens (including phenoxy) is 1. The molecular weight excluding hydrogens is 408 g/mol. The van der Waals surface area contributed by atoms with Crippen molar-refractivity contribution in [1.29, 1.82) is 0 Å². The van der Waals surface area contributed by atoms with Gasteiger partial charge < -0.3 is 20.3 Å². The highest BCUT2D eigenvalue weighted by Crippen LogP contribution is 2.21. The first-order chi connectivity index (χ1) is 14.6. The fourth-order valence-corrected chi connectivity index (χ4v) is 3.69. The molecule has 1 aromatic rings. The summed E-state index contributed by atoms with van der Waals surface area (Å²) in [5, 5.41) is 5.34. The molecule has 31 heavy (non-hydrogen) atoms. The lowest BCUT2D eigenvalue weighted by Gasteiger charge is -2.36. The topological polar surface area (TPSA) is 87.7 Å². The zero-order valence-corrected chi connectivity index (χ0v) is 18.4. The Morgan fingerprint density at radius 2 is 1.81 bits per heavy atom. The monoisotopic (exact) mass is 439 g/mol. The maximum Gasteiger partial charge on any atom is 0.409 e. The zero-order chi connectivity index (χ0) is 23.1. The van der Waals surface area contributed by atoms with Crippen LogP contribution >= 0.6 is 0 Å². The lowest BCUT2D eigenvalue weighted by molar-refractivity contribution is -0.125. The van der Waals surface area contributed by atoms with Crippen molar-refractivity contribution in [3.63, 3.8) is 0 Å². The molecule has 0 aromatic heterocycles. The third-order valence-electron chi connectivity index (χ3n) is 5.49. The second kappa shape index (κ2) is 11.1. The smallest absolute Gasteiger partial charge is 0.409 e. The van der Waals surface area contributed by atoms with E-state index in [4.69, 9.17) is 4.74 Å². The zero-order valence-electron chi connectivity index (χ0n) is 18.4. The van der Waals surface area contributed by atoms with Crippen molar-refractivity contribution >= 4 is 17.9 Å².